The van der Waals surface area contributed by atoms with Crippen LogP contribution in [0.4, 0.5) is 0 Å². The number of hydrogen-bond donors (Lipinski definition) is 1. The molecule has 0 radical (unpaired) electrons. The van der Waals surface area contributed by atoms with E-state index in [-0.39, 0.29) is 10.8 Å². The van der Waals surface area contributed by atoms with Crippen molar-refractivity contribution in [1.82, 2.24) is 4.90 Å². The lowest BCUT2D eigenvalue weighted by Crippen LogP contribution is -2.35. The fraction of sp³-hybridized carbons (Fsp3) is 0.500. The summed E-state index contributed by atoms with van der Waals surface area (Å²) in [5.41, 5.74) is 1.76. The van der Waals surface area contributed by atoms with Crippen LogP contribution in [0.1, 0.15) is 40.7 Å². The zero-order valence-electron chi connectivity index (χ0n) is 11.8. The lowest BCUT2D eigenvalue weighted by atomic mass is 10.0. The van der Waals surface area contributed by atoms with Gasteiger partial charge < -0.3 is 4.90 Å². The molecule has 110 valence electrons. The zero-order valence-corrected chi connectivity index (χ0v) is 12.7. The van der Waals surface area contributed by atoms with Gasteiger partial charge in [-0.25, -0.2) is 13.6 Å². The minimum absolute atomic E-state index is 0.0397. The molecule has 6 heteroatoms. The monoisotopic (exact) mass is 296 g/mol. The van der Waals surface area contributed by atoms with Crippen molar-refractivity contribution in [2.75, 3.05) is 13.1 Å². The van der Waals surface area contributed by atoms with Gasteiger partial charge in [-0.2, -0.15) is 0 Å². The van der Waals surface area contributed by atoms with Crippen LogP contribution in [0.15, 0.2) is 17.0 Å². The Kier molecular flexibility index (Phi) is 4.15. The molecule has 0 spiro atoms. The van der Waals surface area contributed by atoms with Crippen molar-refractivity contribution in [3.8, 4) is 0 Å². The number of piperidine rings is 1. The quantitative estimate of drug-likeness (QED) is 0.899. The van der Waals surface area contributed by atoms with Gasteiger partial charge in [-0.05, 0) is 56.4 Å². The fourth-order valence-electron chi connectivity index (χ4n) is 2.53. The molecule has 1 aromatic carbocycles. The first-order valence-electron chi connectivity index (χ1n) is 6.74. The van der Waals surface area contributed by atoms with E-state index in [0.717, 1.165) is 37.9 Å². The third kappa shape index (κ3) is 3.02. The summed E-state index contributed by atoms with van der Waals surface area (Å²) in [4.78, 5) is 14.3. The average Bonchev–Trinajstić information content (AvgIpc) is 2.40. The summed E-state index contributed by atoms with van der Waals surface area (Å²) in [6, 6.07) is 3.13. The number of hydrogen-bond acceptors (Lipinski definition) is 3. The molecule has 0 atom stereocenters. The average molecular weight is 296 g/mol. The molecule has 0 aliphatic carbocycles. The third-order valence-electron chi connectivity index (χ3n) is 3.82. The first kappa shape index (κ1) is 15.0. The van der Waals surface area contributed by atoms with Crippen molar-refractivity contribution >= 4 is 15.9 Å². The number of sulfonamides is 1. The van der Waals surface area contributed by atoms with Gasteiger partial charge >= 0.3 is 0 Å². The molecule has 1 aliphatic rings. The summed E-state index contributed by atoms with van der Waals surface area (Å²) in [5.74, 6) is -0.113. The summed E-state index contributed by atoms with van der Waals surface area (Å²) in [6.07, 6.45) is 3.14. The smallest absolute Gasteiger partial charge is 0.253 e. The highest BCUT2D eigenvalue weighted by atomic mass is 32.2. The zero-order chi connectivity index (χ0) is 14.9. The molecule has 0 aromatic heterocycles. The Morgan fingerprint density at radius 2 is 1.75 bits per heavy atom. The SMILES string of the molecule is Cc1cc(C(=O)N2CCCCC2)cc(S(N)(=O)=O)c1C. The predicted octanol–water partition coefficient (Wildman–Crippen LogP) is 1.58. The van der Waals surface area contributed by atoms with E-state index in [2.05, 4.69) is 0 Å². The number of likely N-dealkylation sites (tertiary alicyclic amines) is 1. The Hall–Kier alpha value is -1.40. The van der Waals surface area contributed by atoms with Crippen molar-refractivity contribution in [1.29, 1.82) is 0 Å². The van der Waals surface area contributed by atoms with Crippen LogP contribution in [-0.4, -0.2) is 32.3 Å². The maximum Gasteiger partial charge on any atom is 0.253 e. The summed E-state index contributed by atoms with van der Waals surface area (Å²) < 4.78 is 23.2. The number of nitrogens with two attached hydrogens (primary N) is 1. The maximum absolute atomic E-state index is 12.4. The van der Waals surface area contributed by atoms with Crippen LogP contribution in [0, 0.1) is 13.8 Å². The van der Waals surface area contributed by atoms with E-state index in [9.17, 15) is 13.2 Å². The standard InChI is InChI=1S/C14H20N2O3S/c1-10-8-12(9-13(11(10)2)20(15,18)19)14(17)16-6-4-3-5-7-16/h8-9H,3-7H2,1-2H3,(H2,15,18,19). The number of nitrogens with zero attached hydrogens (tertiary/aromatic N) is 1. The second-order valence-electron chi connectivity index (χ2n) is 5.31. The summed E-state index contributed by atoms with van der Waals surface area (Å²) in [7, 11) is -3.81. The summed E-state index contributed by atoms with van der Waals surface area (Å²) >= 11 is 0. The van der Waals surface area contributed by atoms with Crippen LogP contribution in [0.2, 0.25) is 0 Å². The molecule has 1 aliphatic heterocycles. The minimum Gasteiger partial charge on any atom is -0.339 e. The molecule has 20 heavy (non-hydrogen) atoms. The number of primary sulfonamides is 1. The van der Waals surface area contributed by atoms with Gasteiger partial charge in [0.1, 0.15) is 0 Å². The highest BCUT2D eigenvalue weighted by molar-refractivity contribution is 7.89. The van der Waals surface area contributed by atoms with Gasteiger partial charge in [0.05, 0.1) is 4.90 Å². The van der Waals surface area contributed by atoms with Gasteiger partial charge in [-0.3, -0.25) is 4.79 Å². The largest absolute Gasteiger partial charge is 0.339 e. The summed E-state index contributed by atoms with van der Waals surface area (Å²) in [6.45, 7) is 4.95. The molecular formula is C14H20N2O3S. The van der Waals surface area contributed by atoms with Crippen LogP contribution in [0.3, 0.4) is 0 Å². The second-order valence-corrected chi connectivity index (χ2v) is 6.84. The van der Waals surface area contributed by atoms with E-state index in [0.29, 0.717) is 11.1 Å². The maximum atomic E-state index is 12.4. The van der Waals surface area contributed by atoms with E-state index in [1.165, 1.54) is 6.07 Å². The molecule has 0 saturated carbocycles. The first-order valence-corrected chi connectivity index (χ1v) is 8.28. The van der Waals surface area contributed by atoms with Crippen molar-refractivity contribution < 1.29 is 13.2 Å². The molecule has 1 heterocycles. The minimum atomic E-state index is -3.81. The van der Waals surface area contributed by atoms with Gasteiger partial charge in [-0.1, -0.05) is 0 Å². The van der Waals surface area contributed by atoms with Crippen molar-refractivity contribution in [3.05, 3.63) is 28.8 Å². The molecule has 5 nitrogen and oxygen atoms in total. The molecule has 0 bridgehead atoms. The lowest BCUT2D eigenvalue weighted by molar-refractivity contribution is 0.0724. The number of carbonyl (C=O) groups is 1. The second kappa shape index (κ2) is 5.54. The first-order chi connectivity index (χ1) is 9.30. The van der Waals surface area contributed by atoms with E-state index < -0.39 is 10.0 Å². The molecule has 2 rings (SSSR count). The Labute approximate surface area is 119 Å². The van der Waals surface area contributed by atoms with E-state index in [4.69, 9.17) is 5.14 Å². The molecule has 1 saturated heterocycles. The summed E-state index contributed by atoms with van der Waals surface area (Å²) in [5, 5.41) is 5.22. The van der Waals surface area contributed by atoms with Crippen LogP contribution in [-0.2, 0) is 10.0 Å². The van der Waals surface area contributed by atoms with Crippen LogP contribution in [0.25, 0.3) is 0 Å². The highest BCUT2D eigenvalue weighted by Crippen LogP contribution is 2.22. The van der Waals surface area contributed by atoms with Crippen molar-refractivity contribution in [2.45, 2.75) is 38.0 Å². The van der Waals surface area contributed by atoms with Crippen molar-refractivity contribution in [3.63, 3.8) is 0 Å². The molecule has 1 amide bonds. The van der Waals surface area contributed by atoms with Crippen LogP contribution >= 0.6 is 0 Å². The molecular weight excluding hydrogens is 276 g/mol. The third-order valence-corrected chi connectivity index (χ3v) is 4.85. The Morgan fingerprint density at radius 3 is 2.30 bits per heavy atom. The number of benzene rings is 1. The molecule has 1 fully saturated rings. The Balaban J connectivity index is 2.42. The van der Waals surface area contributed by atoms with Gasteiger partial charge in [0.15, 0.2) is 0 Å². The van der Waals surface area contributed by atoms with Gasteiger partial charge in [0, 0.05) is 18.7 Å². The van der Waals surface area contributed by atoms with Crippen molar-refractivity contribution in [2.24, 2.45) is 5.14 Å². The number of amides is 1. The van der Waals surface area contributed by atoms with Gasteiger partial charge in [-0.15, -0.1) is 0 Å². The van der Waals surface area contributed by atoms with Gasteiger partial charge in [0.2, 0.25) is 10.0 Å². The lowest BCUT2D eigenvalue weighted by Gasteiger charge is -2.27. The van der Waals surface area contributed by atoms with E-state index >= 15 is 0 Å². The van der Waals surface area contributed by atoms with Gasteiger partial charge in [0.25, 0.3) is 5.91 Å². The molecule has 2 N–H and O–H groups in total. The fourth-order valence-corrected chi connectivity index (χ4v) is 3.40. The van der Waals surface area contributed by atoms with E-state index in [1.807, 2.05) is 0 Å². The Bertz CT molecular complexity index is 632. The highest BCUT2D eigenvalue weighted by Gasteiger charge is 2.22. The normalized spacial score (nSPS) is 16.2. The molecule has 1 aromatic rings. The number of carbonyl (C=O) groups excluding carboxylic acids is 1. The van der Waals surface area contributed by atoms with Crippen LogP contribution in [0.5, 0.6) is 0 Å². The number of aryl methyl sites for hydroxylation is 1. The van der Waals surface area contributed by atoms with Crippen LogP contribution < -0.4 is 5.14 Å². The predicted molar refractivity (Wildman–Crippen MR) is 77.0 cm³/mol. The number of rotatable bonds is 2. The molecule has 0 unspecified atom stereocenters. The Morgan fingerprint density at radius 1 is 1.15 bits per heavy atom. The van der Waals surface area contributed by atoms with E-state index in [1.54, 1.807) is 24.8 Å². The topological polar surface area (TPSA) is 80.5 Å².